The van der Waals surface area contributed by atoms with Gasteiger partial charge in [0.25, 0.3) is 0 Å². The summed E-state index contributed by atoms with van der Waals surface area (Å²) in [5.41, 5.74) is 1.20. The number of benzene rings is 1. The van der Waals surface area contributed by atoms with Crippen LogP contribution in [-0.2, 0) is 6.54 Å². The summed E-state index contributed by atoms with van der Waals surface area (Å²) in [6.45, 7) is 3.16. The molecule has 1 N–H and O–H groups in total. The Kier molecular flexibility index (Phi) is 6.37. The second kappa shape index (κ2) is 8.28. The fraction of sp³-hybridized carbons (Fsp3) is 0.667. The van der Waals surface area contributed by atoms with E-state index in [0.717, 1.165) is 24.0 Å². The predicted molar refractivity (Wildman–Crippen MR) is 87.0 cm³/mol. The van der Waals surface area contributed by atoms with Gasteiger partial charge in [-0.2, -0.15) is 0 Å². The van der Waals surface area contributed by atoms with Crippen LogP contribution in [0.1, 0.15) is 51.0 Å². The Morgan fingerprint density at radius 1 is 1.10 bits per heavy atom. The molecule has 1 saturated carbocycles. The molecule has 2 rings (SSSR count). The quantitative estimate of drug-likeness (QED) is 0.818. The van der Waals surface area contributed by atoms with Crippen LogP contribution in [0.3, 0.4) is 0 Å². The highest BCUT2D eigenvalue weighted by molar-refractivity contribution is 5.40. The van der Waals surface area contributed by atoms with Crippen molar-refractivity contribution < 1.29 is 9.47 Å². The zero-order chi connectivity index (χ0) is 15.1. The molecule has 0 atom stereocenters. The van der Waals surface area contributed by atoms with Crippen molar-refractivity contribution in [1.29, 1.82) is 0 Å². The van der Waals surface area contributed by atoms with Crippen molar-refractivity contribution in [2.75, 3.05) is 14.2 Å². The molecule has 1 fully saturated rings. The lowest BCUT2D eigenvalue weighted by molar-refractivity contribution is 0.276. The molecule has 1 aromatic rings. The van der Waals surface area contributed by atoms with Gasteiger partial charge in [-0.05, 0) is 37.7 Å². The van der Waals surface area contributed by atoms with Gasteiger partial charge < -0.3 is 14.8 Å². The van der Waals surface area contributed by atoms with E-state index >= 15 is 0 Å². The summed E-state index contributed by atoms with van der Waals surface area (Å²) in [5.74, 6) is 2.71. The lowest BCUT2D eigenvalue weighted by Gasteiger charge is -2.29. The fourth-order valence-corrected chi connectivity index (χ4v) is 3.32. The van der Waals surface area contributed by atoms with E-state index in [9.17, 15) is 0 Å². The van der Waals surface area contributed by atoms with Crippen LogP contribution in [-0.4, -0.2) is 20.3 Å². The normalized spacial score (nSPS) is 22.0. The average Bonchev–Trinajstić information content (AvgIpc) is 2.54. The Labute approximate surface area is 129 Å². The van der Waals surface area contributed by atoms with E-state index < -0.39 is 0 Å². The first kappa shape index (κ1) is 16.2. The molecule has 0 saturated heterocycles. The largest absolute Gasteiger partial charge is 0.497 e. The second-order valence-electron chi connectivity index (χ2n) is 6.07. The Morgan fingerprint density at radius 3 is 2.48 bits per heavy atom. The first-order valence-electron chi connectivity index (χ1n) is 8.21. The summed E-state index contributed by atoms with van der Waals surface area (Å²) in [6.07, 6.45) is 8.10. The SMILES string of the molecule is CCCC1CCC(NCc2ccc(OC)cc2OC)CC1. The zero-order valence-electron chi connectivity index (χ0n) is 13.7. The lowest BCUT2D eigenvalue weighted by atomic mass is 9.83. The highest BCUT2D eigenvalue weighted by atomic mass is 16.5. The molecule has 0 unspecified atom stereocenters. The topological polar surface area (TPSA) is 30.5 Å². The highest BCUT2D eigenvalue weighted by Gasteiger charge is 2.20. The molecule has 1 aliphatic rings. The van der Waals surface area contributed by atoms with Crippen LogP contribution in [0.25, 0.3) is 0 Å². The molecule has 0 aromatic heterocycles. The highest BCUT2D eigenvalue weighted by Crippen LogP contribution is 2.29. The number of rotatable bonds is 7. The maximum Gasteiger partial charge on any atom is 0.127 e. The van der Waals surface area contributed by atoms with Crippen LogP contribution >= 0.6 is 0 Å². The molecule has 0 amide bonds. The van der Waals surface area contributed by atoms with Crippen molar-refractivity contribution in [1.82, 2.24) is 5.32 Å². The van der Waals surface area contributed by atoms with Crippen molar-refractivity contribution in [2.45, 2.75) is 58.0 Å². The van der Waals surface area contributed by atoms with Gasteiger partial charge in [-0.25, -0.2) is 0 Å². The first-order chi connectivity index (χ1) is 10.3. The van der Waals surface area contributed by atoms with E-state index in [1.165, 1.54) is 44.1 Å². The summed E-state index contributed by atoms with van der Waals surface area (Å²) in [4.78, 5) is 0. The smallest absolute Gasteiger partial charge is 0.127 e. The van der Waals surface area contributed by atoms with Gasteiger partial charge in [0.05, 0.1) is 14.2 Å². The molecule has 3 nitrogen and oxygen atoms in total. The lowest BCUT2D eigenvalue weighted by Crippen LogP contribution is -2.32. The van der Waals surface area contributed by atoms with Crippen LogP contribution in [0, 0.1) is 5.92 Å². The molecule has 0 bridgehead atoms. The van der Waals surface area contributed by atoms with Gasteiger partial charge in [-0.3, -0.25) is 0 Å². The molecule has 118 valence electrons. The van der Waals surface area contributed by atoms with E-state index in [1.54, 1.807) is 14.2 Å². The maximum atomic E-state index is 5.46. The molecule has 0 spiro atoms. The van der Waals surface area contributed by atoms with Crippen molar-refractivity contribution in [3.8, 4) is 11.5 Å². The Morgan fingerprint density at radius 2 is 1.86 bits per heavy atom. The Balaban J connectivity index is 1.83. The van der Waals surface area contributed by atoms with Gasteiger partial charge in [-0.15, -0.1) is 0 Å². The number of ether oxygens (including phenoxy) is 2. The molecule has 21 heavy (non-hydrogen) atoms. The molecule has 1 aliphatic carbocycles. The second-order valence-corrected chi connectivity index (χ2v) is 6.07. The molecule has 3 heteroatoms. The number of methoxy groups -OCH3 is 2. The number of hydrogen-bond donors (Lipinski definition) is 1. The molecule has 0 heterocycles. The standard InChI is InChI=1S/C18H29NO2/c1-4-5-14-6-9-16(10-7-14)19-13-15-8-11-17(20-2)12-18(15)21-3/h8,11-12,14,16,19H,4-7,9-10,13H2,1-3H3. The third-order valence-corrected chi connectivity index (χ3v) is 4.62. The van der Waals surface area contributed by atoms with Gasteiger partial charge in [0.15, 0.2) is 0 Å². The van der Waals surface area contributed by atoms with Gasteiger partial charge in [0.1, 0.15) is 11.5 Å². The van der Waals surface area contributed by atoms with E-state index in [0.29, 0.717) is 6.04 Å². The Bertz CT molecular complexity index is 425. The van der Waals surface area contributed by atoms with E-state index in [1.807, 2.05) is 12.1 Å². The minimum Gasteiger partial charge on any atom is -0.497 e. The maximum absolute atomic E-state index is 5.46. The van der Waals surface area contributed by atoms with Crippen LogP contribution in [0.2, 0.25) is 0 Å². The summed E-state index contributed by atoms with van der Waals surface area (Å²) in [7, 11) is 3.40. The van der Waals surface area contributed by atoms with Crippen molar-refractivity contribution >= 4 is 0 Å². The molecule has 0 radical (unpaired) electrons. The van der Waals surface area contributed by atoms with E-state index in [-0.39, 0.29) is 0 Å². The van der Waals surface area contributed by atoms with Crippen LogP contribution in [0.15, 0.2) is 18.2 Å². The third kappa shape index (κ3) is 4.63. The zero-order valence-corrected chi connectivity index (χ0v) is 13.7. The van der Waals surface area contributed by atoms with Gasteiger partial charge in [-0.1, -0.05) is 25.8 Å². The Hall–Kier alpha value is -1.22. The molecule has 1 aromatic carbocycles. The number of nitrogens with one attached hydrogen (secondary N) is 1. The van der Waals surface area contributed by atoms with Gasteiger partial charge in [0.2, 0.25) is 0 Å². The third-order valence-electron chi connectivity index (χ3n) is 4.62. The molecular weight excluding hydrogens is 262 g/mol. The van der Waals surface area contributed by atoms with Crippen molar-refractivity contribution in [3.05, 3.63) is 23.8 Å². The van der Waals surface area contributed by atoms with Crippen LogP contribution in [0.4, 0.5) is 0 Å². The fourth-order valence-electron chi connectivity index (χ4n) is 3.32. The number of hydrogen-bond acceptors (Lipinski definition) is 3. The van der Waals surface area contributed by atoms with E-state index in [2.05, 4.69) is 18.3 Å². The van der Waals surface area contributed by atoms with Crippen LogP contribution < -0.4 is 14.8 Å². The molecular formula is C18H29NO2. The summed E-state index contributed by atoms with van der Waals surface area (Å²) in [6, 6.07) is 6.70. The minimum absolute atomic E-state index is 0.657. The van der Waals surface area contributed by atoms with Crippen LogP contribution in [0.5, 0.6) is 11.5 Å². The summed E-state index contributed by atoms with van der Waals surface area (Å²) in [5, 5.41) is 3.69. The minimum atomic E-state index is 0.657. The average molecular weight is 291 g/mol. The first-order valence-corrected chi connectivity index (χ1v) is 8.21. The molecule has 0 aliphatic heterocycles. The predicted octanol–water partition coefficient (Wildman–Crippen LogP) is 4.15. The van der Waals surface area contributed by atoms with Gasteiger partial charge in [0, 0.05) is 24.2 Å². The summed E-state index contributed by atoms with van der Waals surface area (Å²) < 4.78 is 10.7. The monoisotopic (exact) mass is 291 g/mol. The van der Waals surface area contributed by atoms with Crippen molar-refractivity contribution in [3.63, 3.8) is 0 Å². The van der Waals surface area contributed by atoms with E-state index in [4.69, 9.17) is 9.47 Å². The summed E-state index contributed by atoms with van der Waals surface area (Å²) >= 11 is 0. The van der Waals surface area contributed by atoms with Crippen molar-refractivity contribution in [2.24, 2.45) is 5.92 Å². The van der Waals surface area contributed by atoms with Gasteiger partial charge >= 0.3 is 0 Å².